The van der Waals surface area contributed by atoms with Gasteiger partial charge in [-0.05, 0) is 74.4 Å². The summed E-state index contributed by atoms with van der Waals surface area (Å²) in [5, 5.41) is 12.3. The molecule has 7 heteroatoms. The van der Waals surface area contributed by atoms with Crippen molar-refractivity contribution in [2.24, 2.45) is 5.92 Å². The Balaban J connectivity index is 1.43. The molecule has 0 heterocycles. The molecule has 1 aliphatic carbocycles. The highest BCUT2D eigenvalue weighted by molar-refractivity contribution is 6.34. The number of ketones is 1. The van der Waals surface area contributed by atoms with Crippen molar-refractivity contribution in [2.75, 3.05) is 6.54 Å². The van der Waals surface area contributed by atoms with Gasteiger partial charge in [-0.25, -0.2) is 0 Å². The van der Waals surface area contributed by atoms with Crippen LogP contribution in [0.4, 0.5) is 0 Å². The topological polar surface area (TPSA) is 92.7 Å². The van der Waals surface area contributed by atoms with Crippen molar-refractivity contribution in [3.63, 3.8) is 0 Å². The van der Waals surface area contributed by atoms with E-state index in [1.807, 2.05) is 12.1 Å². The molecule has 0 unspecified atom stereocenters. The first kappa shape index (κ1) is 24.8. The molecule has 0 spiro atoms. The second kappa shape index (κ2) is 11.8. The monoisotopic (exact) mass is 471 g/mol. The van der Waals surface area contributed by atoms with E-state index < -0.39 is 5.97 Å². The molecule has 6 nitrogen and oxygen atoms in total. The van der Waals surface area contributed by atoms with Crippen LogP contribution in [0.5, 0.6) is 5.75 Å². The quantitative estimate of drug-likeness (QED) is 0.361. The van der Waals surface area contributed by atoms with E-state index in [1.165, 1.54) is 5.56 Å². The summed E-state index contributed by atoms with van der Waals surface area (Å²) >= 11 is 6.33. The Labute approximate surface area is 199 Å². The largest absolute Gasteiger partial charge is 0.490 e. The SMILES string of the molecule is CCc1ccc(C(=O)NCCCC(=O)c2ccc(OC3CCC(C(=O)O)CC3)cc2Cl)cc1. The third-order valence-electron chi connectivity index (χ3n) is 6.06. The van der Waals surface area contributed by atoms with Gasteiger partial charge in [0.05, 0.1) is 17.0 Å². The molecule has 1 saturated carbocycles. The number of carbonyl (C=O) groups is 3. The number of carbonyl (C=O) groups excluding carboxylic acids is 2. The van der Waals surface area contributed by atoms with Gasteiger partial charge in [0.1, 0.15) is 5.75 Å². The molecule has 33 heavy (non-hydrogen) atoms. The van der Waals surface area contributed by atoms with Crippen LogP contribution in [0.25, 0.3) is 0 Å². The third-order valence-corrected chi connectivity index (χ3v) is 6.37. The maximum absolute atomic E-state index is 12.6. The number of benzene rings is 2. The van der Waals surface area contributed by atoms with Gasteiger partial charge in [0.25, 0.3) is 5.91 Å². The van der Waals surface area contributed by atoms with E-state index in [0.29, 0.717) is 60.5 Å². The average Bonchev–Trinajstić information content (AvgIpc) is 2.82. The second-order valence-electron chi connectivity index (χ2n) is 8.40. The fourth-order valence-electron chi connectivity index (χ4n) is 3.99. The number of rotatable bonds is 10. The van der Waals surface area contributed by atoms with Gasteiger partial charge >= 0.3 is 5.97 Å². The molecule has 0 aromatic heterocycles. The summed E-state index contributed by atoms with van der Waals surface area (Å²) in [6, 6.07) is 12.5. The predicted octanol–water partition coefficient (Wildman–Crippen LogP) is 5.32. The minimum atomic E-state index is -0.746. The summed E-state index contributed by atoms with van der Waals surface area (Å²) in [6.45, 7) is 2.46. The fourth-order valence-corrected chi connectivity index (χ4v) is 4.27. The Morgan fingerprint density at radius 3 is 2.36 bits per heavy atom. The zero-order chi connectivity index (χ0) is 23.8. The van der Waals surface area contributed by atoms with Crippen molar-refractivity contribution < 1.29 is 24.2 Å². The maximum atomic E-state index is 12.6. The van der Waals surface area contributed by atoms with Crippen molar-refractivity contribution in [3.05, 3.63) is 64.2 Å². The first-order valence-electron chi connectivity index (χ1n) is 11.5. The highest BCUT2D eigenvalue weighted by Gasteiger charge is 2.27. The lowest BCUT2D eigenvalue weighted by atomic mass is 9.87. The summed E-state index contributed by atoms with van der Waals surface area (Å²) in [7, 11) is 0. The van der Waals surface area contributed by atoms with Crippen LogP contribution < -0.4 is 10.1 Å². The Hall–Kier alpha value is -2.86. The highest BCUT2D eigenvalue weighted by Crippen LogP contribution is 2.30. The Kier molecular flexibility index (Phi) is 8.89. The summed E-state index contributed by atoms with van der Waals surface area (Å²) < 4.78 is 5.94. The number of nitrogens with one attached hydrogen (secondary N) is 1. The average molecular weight is 472 g/mol. The predicted molar refractivity (Wildman–Crippen MR) is 127 cm³/mol. The third kappa shape index (κ3) is 7.06. The zero-order valence-electron chi connectivity index (χ0n) is 18.8. The molecule has 3 rings (SSSR count). The lowest BCUT2D eigenvalue weighted by Gasteiger charge is -2.26. The van der Waals surface area contributed by atoms with Crippen molar-refractivity contribution in [1.29, 1.82) is 0 Å². The van der Waals surface area contributed by atoms with Gasteiger partial charge in [-0.1, -0.05) is 30.7 Å². The molecule has 0 bridgehead atoms. The molecule has 0 radical (unpaired) electrons. The van der Waals surface area contributed by atoms with Crippen molar-refractivity contribution in [2.45, 2.75) is 58.0 Å². The Morgan fingerprint density at radius 1 is 1.06 bits per heavy atom. The van der Waals surface area contributed by atoms with E-state index in [1.54, 1.807) is 30.3 Å². The molecule has 176 valence electrons. The first-order valence-corrected chi connectivity index (χ1v) is 11.8. The van der Waals surface area contributed by atoms with Crippen LogP contribution in [0, 0.1) is 5.92 Å². The summed E-state index contributed by atoms with van der Waals surface area (Å²) in [4.78, 5) is 35.8. The minimum Gasteiger partial charge on any atom is -0.490 e. The van der Waals surface area contributed by atoms with E-state index in [-0.39, 0.29) is 30.1 Å². The van der Waals surface area contributed by atoms with E-state index in [9.17, 15) is 14.4 Å². The van der Waals surface area contributed by atoms with Gasteiger partial charge in [0, 0.05) is 24.1 Å². The smallest absolute Gasteiger partial charge is 0.306 e. The number of aryl methyl sites for hydroxylation is 1. The molecule has 2 N–H and O–H groups in total. The van der Waals surface area contributed by atoms with Crippen LogP contribution in [0.1, 0.15) is 71.7 Å². The number of aliphatic carboxylic acids is 1. The molecule has 1 amide bonds. The van der Waals surface area contributed by atoms with E-state index in [4.69, 9.17) is 21.4 Å². The number of hydrogen-bond donors (Lipinski definition) is 2. The number of Topliss-reactive ketones (excluding diaryl/α,β-unsaturated/α-hetero) is 1. The van der Waals surface area contributed by atoms with E-state index >= 15 is 0 Å². The summed E-state index contributed by atoms with van der Waals surface area (Å²) in [6.07, 6.45) is 4.24. The molecule has 0 aliphatic heterocycles. The molecule has 1 aliphatic rings. The van der Waals surface area contributed by atoms with E-state index in [0.717, 1.165) is 6.42 Å². The standard InChI is InChI=1S/C26H30ClNO5/c1-2-17-5-7-18(8-6-17)25(30)28-15-3-4-24(29)22-14-13-21(16-23(22)27)33-20-11-9-19(10-12-20)26(31)32/h5-8,13-14,16,19-20H,2-4,9-12,15H2,1H3,(H,28,30)(H,31,32). The molecule has 2 aromatic carbocycles. The van der Waals surface area contributed by atoms with E-state index in [2.05, 4.69) is 12.2 Å². The first-order chi connectivity index (χ1) is 15.9. The van der Waals surface area contributed by atoms with Gasteiger partial charge in [-0.3, -0.25) is 14.4 Å². The molecule has 0 saturated heterocycles. The zero-order valence-corrected chi connectivity index (χ0v) is 19.6. The fraction of sp³-hybridized carbons (Fsp3) is 0.423. The lowest BCUT2D eigenvalue weighted by Crippen LogP contribution is -2.27. The number of halogens is 1. The van der Waals surface area contributed by atoms with Crippen molar-refractivity contribution >= 4 is 29.3 Å². The molecular weight excluding hydrogens is 442 g/mol. The van der Waals surface area contributed by atoms with Gasteiger partial charge < -0.3 is 15.2 Å². The van der Waals surface area contributed by atoms with Crippen LogP contribution in [-0.4, -0.2) is 35.4 Å². The number of ether oxygens (including phenoxy) is 1. The van der Waals surface area contributed by atoms with Crippen molar-refractivity contribution in [3.8, 4) is 5.75 Å². The molecule has 0 atom stereocenters. The van der Waals surface area contributed by atoms with Crippen molar-refractivity contribution in [1.82, 2.24) is 5.32 Å². The number of carboxylic acids is 1. The normalized spacial score (nSPS) is 17.9. The van der Waals surface area contributed by atoms with Crippen LogP contribution in [-0.2, 0) is 11.2 Å². The van der Waals surface area contributed by atoms with Crippen LogP contribution in [0.3, 0.4) is 0 Å². The number of carboxylic acid groups (broad SMARTS) is 1. The van der Waals surface area contributed by atoms with Crippen LogP contribution in [0.15, 0.2) is 42.5 Å². The van der Waals surface area contributed by atoms with Crippen LogP contribution in [0.2, 0.25) is 5.02 Å². The summed E-state index contributed by atoms with van der Waals surface area (Å²) in [5.74, 6) is -0.696. The Morgan fingerprint density at radius 2 is 1.76 bits per heavy atom. The number of hydrogen-bond acceptors (Lipinski definition) is 4. The Bertz CT molecular complexity index is 981. The second-order valence-corrected chi connectivity index (χ2v) is 8.81. The van der Waals surface area contributed by atoms with Gasteiger partial charge in [-0.15, -0.1) is 0 Å². The van der Waals surface area contributed by atoms with Gasteiger partial charge in [0.15, 0.2) is 5.78 Å². The molecule has 2 aromatic rings. The van der Waals surface area contributed by atoms with Crippen LogP contribution >= 0.6 is 11.6 Å². The minimum absolute atomic E-state index is 0.0417. The molecular formula is C26H30ClNO5. The summed E-state index contributed by atoms with van der Waals surface area (Å²) in [5.41, 5.74) is 2.21. The lowest BCUT2D eigenvalue weighted by molar-refractivity contribution is -0.143. The molecule has 1 fully saturated rings. The van der Waals surface area contributed by atoms with Gasteiger partial charge in [-0.2, -0.15) is 0 Å². The maximum Gasteiger partial charge on any atom is 0.306 e. The number of amides is 1. The van der Waals surface area contributed by atoms with Gasteiger partial charge in [0.2, 0.25) is 0 Å². The highest BCUT2D eigenvalue weighted by atomic mass is 35.5.